The van der Waals surface area contributed by atoms with Crippen molar-refractivity contribution in [1.82, 2.24) is 19.8 Å². The third-order valence-corrected chi connectivity index (χ3v) is 4.73. The molecule has 0 bridgehead atoms. The Hall–Kier alpha value is -2.33. The lowest BCUT2D eigenvalue weighted by atomic mass is 10.0. The summed E-state index contributed by atoms with van der Waals surface area (Å²) >= 11 is 6.19. The number of aromatic nitrogens is 2. The lowest BCUT2D eigenvalue weighted by molar-refractivity contribution is -0.142. The molecule has 1 aliphatic heterocycles. The molecule has 3 rings (SSSR count). The van der Waals surface area contributed by atoms with E-state index >= 15 is 0 Å². The van der Waals surface area contributed by atoms with Crippen LogP contribution in [0.3, 0.4) is 0 Å². The molecule has 146 valence electrons. The number of fused-ring (bicyclic) bond motifs is 1. The van der Waals surface area contributed by atoms with E-state index in [1.807, 2.05) is 0 Å². The molecule has 7 nitrogen and oxygen atoms in total. The van der Waals surface area contributed by atoms with E-state index in [0.29, 0.717) is 4.52 Å². The number of amides is 2. The molecule has 1 atom stereocenters. The van der Waals surface area contributed by atoms with Crippen LogP contribution in [0.1, 0.15) is 34.6 Å². The van der Waals surface area contributed by atoms with Gasteiger partial charge < -0.3 is 15.3 Å². The van der Waals surface area contributed by atoms with Crippen LogP contribution in [0.4, 0.5) is 13.2 Å². The molecule has 0 radical (unpaired) electrons. The molecule has 11 heteroatoms. The minimum absolute atomic E-state index is 0.0911. The van der Waals surface area contributed by atoms with Crippen molar-refractivity contribution < 1.29 is 27.9 Å². The van der Waals surface area contributed by atoms with Gasteiger partial charge in [0, 0.05) is 25.6 Å². The van der Waals surface area contributed by atoms with Gasteiger partial charge in [0.2, 0.25) is 5.91 Å². The SMILES string of the molecule is CC(CO)c1cc(C(F)(F)F)n2nc(C(=O)N3CCNC(=O)C3)c(Cl)c2c1. The number of piperazine rings is 1. The first-order valence-electron chi connectivity index (χ1n) is 8.09. The van der Waals surface area contributed by atoms with E-state index in [-0.39, 0.29) is 53.9 Å². The molecule has 1 aliphatic rings. The Balaban J connectivity index is 2.15. The zero-order valence-electron chi connectivity index (χ0n) is 14.2. The van der Waals surface area contributed by atoms with Crippen LogP contribution >= 0.6 is 11.6 Å². The molecule has 1 fully saturated rings. The van der Waals surface area contributed by atoms with Crippen LogP contribution in [0.25, 0.3) is 5.52 Å². The average molecular weight is 405 g/mol. The fourth-order valence-electron chi connectivity index (χ4n) is 2.83. The largest absolute Gasteiger partial charge is 0.433 e. The molecule has 27 heavy (non-hydrogen) atoms. The highest BCUT2D eigenvalue weighted by atomic mass is 35.5. The van der Waals surface area contributed by atoms with Gasteiger partial charge in [-0.15, -0.1) is 0 Å². The minimum atomic E-state index is -4.75. The van der Waals surface area contributed by atoms with E-state index in [9.17, 15) is 27.9 Å². The van der Waals surface area contributed by atoms with Crippen LogP contribution in [-0.4, -0.2) is 57.7 Å². The van der Waals surface area contributed by atoms with Crippen molar-refractivity contribution in [3.8, 4) is 0 Å². The van der Waals surface area contributed by atoms with Crippen LogP contribution < -0.4 is 5.32 Å². The maximum atomic E-state index is 13.5. The highest BCUT2D eigenvalue weighted by Crippen LogP contribution is 2.35. The summed E-state index contributed by atoms with van der Waals surface area (Å²) in [6.45, 7) is 1.43. The van der Waals surface area contributed by atoms with Crippen molar-refractivity contribution in [3.05, 3.63) is 34.1 Å². The van der Waals surface area contributed by atoms with E-state index in [4.69, 9.17) is 11.6 Å². The summed E-state index contributed by atoms with van der Waals surface area (Å²) < 4.78 is 41.1. The standard InChI is InChI=1S/C16H16ClF3N4O3/c1-8(7-25)9-4-10-13(17)14(15(27)23-3-2-21-12(26)6-23)22-24(10)11(5-9)16(18,19)20/h4-5,8,25H,2-3,6-7H2,1H3,(H,21,26). The third kappa shape index (κ3) is 3.59. The molecule has 0 aromatic carbocycles. The molecular formula is C16H16ClF3N4O3. The first-order chi connectivity index (χ1) is 12.6. The number of aliphatic hydroxyl groups excluding tert-OH is 1. The van der Waals surface area contributed by atoms with Crippen molar-refractivity contribution in [2.75, 3.05) is 26.2 Å². The van der Waals surface area contributed by atoms with E-state index in [1.165, 1.54) is 11.0 Å². The third-order valence-electron chi connectivity index (χ3n) is 4.36. The van der Waals surface area contributed by atoms with Crippen molar-refractivity contribution >= 4 is 28.9 Å². The molecule has 1 saturated heterocycles. The van der Waals surface area contributed by atoms with E-state index in [0.717, 1.165) is 6.07 Å². The molecule has 3 heterocycles. The van der Waals surface area contributed by atoms with Gasteiger partial charge in [-0.05, 0) is 17.7 Å². The number of halogens is 4. The molecule has 0 aliphatic carbocycles. The van der Waals surface area contributed by atoms with Gasteiger partial charge in [0.15, 0.2) is 5.69 Å². The first kappa shape index (κ1) is 19.4. The van der Waals surface area contributed by atoms with E-state index in [1.54, 1.807) is 6.92 Å². The number of aliphatic hydroxyl groups is 1. The van der Waals surface area contributed by atoms with Crippen molar-refractivity contribution in [3.63, 3.8) is 0 Å². The lowest BCUT2D eigenvalue weighted by Crippen LogP contribution is -2.50. The smallest absolute Gasteiger partial charge is 0.396 e. The normalized spacial score (nSPS) is 16.5. The fraction of sp³-hybridized carbons (Fsp3) is 0.438. The summed E-state index contributed by atoms with van der Waals surface area (Å²) in [7, 11) is 0. The summed E-state index contributed by atoms with van der Waals surface area (Å²) in [5.74, 6) is -1.65. The van der Waals surface area contributed by atoms with Gasteiger partial charge >= 0.3 is 6.18 Å². The molecule has 2 amide bonds. The van der Waals surface area contributed by atoms with Gasteiger partial charge in [-0.25, -0.2) is 4.52 Å². The summed E-state index contributed by atoms with van der Waals surface area (Å²) in [5.41, 5.74) is -1.33. The number of carbonyl (C=O) groups excluding carboxylic acids is 2. The Morgan fingerprint density at radius 3 is 2.74 bits per heavy atom. The van der Waals surface area contributed by atoms with Gasteiger partial charge in [-0.2, -0.15) is 18.3 Å². The number of pyridine rings is 1. The van der Waals surface area contributed by atoms with Crippen LogP contribution in [0.5, 0.6) is 0 Å². The number of alkyl halides is 3. The van der Waals surface area contributed by atoms with Crippen LogP contribution in [0.2, 0.25) is 5.02 Å². The average Bonchev–Trinajstić information content (AvgIpc) is 2.95. The molecule has 2 aromatic heterocycles. The summed E-state index contributed by atoms with van der Waals surface area (Å²) in [6, 6.07) is 2.24. The fourth-order valence-corrected chi connectivity index (χ4v) is 3.08. The summed E-state index contributed by atoms with van der Waals surface area (Å²) in [6.07, 6.45) is -4.75. The lowest BCUT2D eigenvalue weighted by Gasteiger charge is -2.25. The Kier molecular flexibility index (Phi) is 5.04. The zero-order valence-corrected chi connectivity index (χ0v) is 14.9. The highest BCUT2D eigenvalue weighted by Gasteiger charge is 2.37. The molecule has 0 spiro atoms. The predicted molar refractivity (Wildman–Crippen MR) is 89.6 cm³/mol. The molecule has 2 N–H and O–H groups in total. The zero-order chi connectivity index (χ0) is 19.9. The maximum absolute atomic E-state index is 13.5. The van der Waals surface area contributed by atoms with Crippen molar-refractivity contribution in [1.29, 1.82) is 0 Å². The van der Waals surface area contributed by atoms with Gasteiger partial charge in [0.25, 0.3) is 5.91 Å². The second-order valence-electron chi connectivity index (χ2n) is 6.29. The Labute approximate surface area is 156 Å². The van der Waals surface area contributed by atoms with Gasteiger partial charge in [-0.3, -0.25) is 9.59 Å². The Bertz CT molecular complexity index is 912. The summed E-state index contributed by atoms with van der Waals surface area (Å²) in [4.78, 5) is 25.3. The minimum Gasteiger partial charge on any atom is -0.396 e. The molecular weight excluding hydrogens is 389 g/mol. The number of carbonyl (C=O) groups is 2. The summed E-state index contributed by atoms with van der Waals surface area (Å²) in [5, 5.41) is 15.4. The monoisotopic (exact) mass is 404 g/mol. The van der Waals surface area contributed by atoms with Crippen molar-refractivity contribution in [2.45, 2.75) is 19.0 Å². The molecule has 0 saturated carbocycles. The van der Waals surface area contributed by atoms with Crippen molar-refractivity contribution in [2.24, 2.45) is 0 Å². The van der Waals surface area contributed by atoms with E-state index in [2.05, 4.69) is 10.4 Å². The quantitative estimate of drug-likeness (QED) is 0.814. The molecule has 2 aromatic rings. The van der Waals surface area contributed by atoms with Crippen LogP contribution in [0.15, 0.2) is 12.1 Å². The van der Waals surface area contributed by atoms with Crippen LogP contribution in [-0.2, 0) is 11.0 Å². The number of hydrogen-bond donors (Lipinski definition) is 2. The number of nitrogens with one attached hydrogen (secondary N) is 1. The predicted octanol–water partition coefficient (Wildman–Crippen LogP) is 1.67. The number of rotatable bonds is 3. The highest BCUT2D eigenvalue weighted by molar-refractivity contribution is 6.36. The number of nitrogens with zero attached hydrogens (tertiary/aromatic N) is 3. The maximum Gasteiger partial charge on any atom is 0.433 e. The second-order valence-corrected chi connectivity index (χ2v) is 6.67. The van der Waals surface area contributed by atoms with Gasteiger partial charge in [0.05, 0.1) is 17.1 Å². The topological polar surface area (TPSA) is 86.9 Å². The number of hydrogen-bond acceptors (Lipinski definition) is 4. The van der Waals surface area contributed by atoms with E-state index < -0.39 is 23.7 Å². The second kappa shape index (κ2) is 7.01. The first-order valence-corrected chi connectivity index (χ1v) is 8.47. The van der Waals surface area contributed by atoms with Crippen LogP contribution in [0, 0.1) is 0 Å². The van der Waals surface area contributed by atoms with Gasteiger partial charge in [0.1, 0.15) is 5.69 Å². The molecule has 1 unspecified atom stereocenters. The Morgan fingerprint density at radius 2 is 2.15 bits per heavy atom. The Morgan fingerprint density at radius 1 is 1.44 bits per heavy atom. The van der Waals surface area contributed by atoms with Gasteiger partial charge in [-0.1, -0.05) is 18.5 Å².